The fraction of sp³-hybridized carbons (Fsp3) is 0.647. The molecular formula is C17H26N2O3S. The zero-order chi connectivity index (χ0) is 17.0. The minimum Gasteiger partial charge on any atom is -0.444 e. The van der Waals surface area contributed by atoms with Crippen molar-refractivity contribution in [3.05, 3.63) is 21.9 Å². The number of rotatable bonds is 3. The number of amides is 2. The first-order valence-electron chi connectivity index (χ1n) is 8.10. The van der Waals surface area contributed by atoms with Gasteiger partial charge in [0.25, 0.3) is 5.91 Å². The van der Waals surface area contributed by atoms with Crippen molar-refractivity contribution in [3.8, 4) is 0 Å². The predicted octanol–water partition coefficient (Wildman–Crippen LogP) is 3.58. The van der Waals surface area contributed by atoms with Gasteiger partial charge in [-0.3, -0.25) is 4.79 Å². The number of thiophene rings is 1. The third-order valence-electron chi connectivity index (χ3n) is 3.82. The van der Waals surface area contributed by atoms with E-state index in [0.717, 1.165) is 29.7 Å². The van der Waals surface area contributed by atoms with Crippen LogP contribution >= 0.6 is 11.3 Å². The van der Waals surface area contributed by atoms with Crippen LogP contribution in [0, 0.1) is 6.92 Å². The molecule has 0 spiro atoms. The fourth-order valence-electron chi connectivity index (χ4n) is 2.67. The topological polar surface area (TPSA) is 58.6 Å². The summed E-state index contributed by atoms with van der Waals surface area (Å²) in [5, 5.41) is 4.88. The molecule has 128 valence electrons. The number of aryl methyl sites for hydroxylation is 1. The molecule has 2 amide bonds. The average Bonchev–Trinajstić information content (AvgIpc) is 2.89. The quantitative estimate of drug-likeness (QED) is 0.916. The first kappa shape index (κ1) is 17.8. The summed E-state index contributed by atoms with van der Waals surface area (Å²) < 4.78 is 5.48. The van der Waals surface area contributed by atoms with Crippen LogP contribution < -0.4 is 5.32 Å². The highest BCUT2D eigenvalue weighted by molar-refractivity contribution is 7.12. The highest BCUT2D eigenvalue weighted by Gasteiger charge is 2.30. The van der Waals surface area contributed by atoms with Gasteiger partial charge in [-0.15, -0.1) is 11.3 Å². The lowest BCUT2D eigenvalue weighted by Crippen LogP contribution is -2.50. The SMILES string of the molecule is Cc1ccsc1C(=O)NC[C@@H]1CCCCN1C(=O)OC(C)(C)C. The first-order valence-corrected chi connectivity index (χ1v) is 8.98. The Morgan fingerprint density at radius 1 is 1.39 bits per heavy atom. The summed E-state index contributed by atoms with van der Waals surface area (Å²) in [7, 11) is 0. The van der Waals surface area contributed by atoms with Gasteiger partial charge in [0.2, 0.25) is 0 Å². The molecule has 1 saturated heterocycles. The molecule has 1 fully saturated rings. The Balaban J connectivity index is 1.95. The lowest BCUT2D eigenvalue weighted by molar-refractivity contribution is 0.00986. The maximum atomic E-state index is 12.3. The summed E-state index contributed by atoms with van der Waals surface area (Å²) in [5.74, 6) is -0.0628. The molecule has 23 heavy (non-hydrogen) atoms. The van der Waals surface area contributed by atoms with Gasteiger partial charge in [0, 0.05) is 13.1 Å². The molecular weight excluding hydrogens is 312 g/mol. The Morgan fingerprint density at radius 2 is 2.13 bits per heavy atom. The van der Waals surface area contributed by atoms with Gasteiger partial charge in [-0.25, -0.2) is 4.79 Å². The molecule has 1 aliphatic rings. The van der Waals surface area contributed by atoms with Crippen LogP contribution in [0.2, 0.25) is 0 Å². The molecule has 1 aliphatic heterocycles. The lowest BCUT2D eigenvalue weighted by atomic mass is 10.0. The van der Waals surface area contributed by atoms with Crippen molar-refractivity contribution in [2.24, 2.45) is 0 Å². The molecule has 0 unspecified atom stereocenters. The number of likely N-dealkylation sites (tertiary alicyclic amines) is 1. The minimum atomic E-state index is -0.504. The van der Waals surface area contributed by atoms with E-state index in [-0.39, 0.29) is 18.0 Å². The molecule has 2 rings (SSSR count). The normalized spacial score (nSPS) is 18.6. The second kappa shape index (κ2) is 7.34. The van der Waals surface area contributed by atoms with Gasteiger partial charge in [-0.2, -0.15) is 0 Å². The van der Waals surface area contributed by atoms with Crippen LogP contribution in [0.1, 0.15) is 55.3 Å². The number of hydrogen-bond donors (Lipinski definition) is 1. The summed E-state index contributed by atoms with van der Waals surface area (Å²) >= 11 is 1.44. The zero-order valence-electron chi connectivity index (χ0n) is 14.3. The summed E-state index contributed by atoms with van der Waals surface area (Å²) in [6.07, 6.45) is 2.65. The molecule has 2 heterocycles. The Morgan fingerprint density at radius 3 is 2.74 bits per heavy atom. The van der Waals surface area contributed by atoms with Crippen LogP contribution in [-0.2, 0) is 4.74 Å². The summed E-state index contributed by atoms with van der Waals surface area (Å²) in [6.45, 7) is 8.68. The Hall–Kier alpha value is -1.56. The number of carbonyl (C=O) groups excluding carboxylic acids is 2. The highest BCUT2D eigenvalue weighted by atomic mass is 32.1. The number of piperidine rings is 1. The lowest BCUT2D eigenvalue weighted by Gasteiger charge is -2.36. The molecule has 0 aliphatic carbocycles. The van der Waals surface area contributed by atoms with Crippen LogP contribution in [0.15, 0.2) is 11.4 Å². The largest absolute Gasteiger partial charge is 0.444 e. The van der Waals surface area contributed by atoms with Gasteiger partial charge in [-0.05, 0) is 64.0 Å². The Bertz CT molecular complexity index is 562. The molecule has 6 heteroatoms. The maximum absolute atomic E-state index is 12.3. The van der Waals surface area contributed by atoms with E-state index in [4.69, 9.17) is 4.74 Å². The highest BCUT2D eigenvalue weighted by Crippen LogP contribution is 2.21. The van der Waals surface area contributed by atoms with Crippen LogP contribution in [0.5, 0.6) is 0 Å². The van der Waals surface area contributed by atoms with E-state index in [1.807, 2.05) is 39.1 Å². The molecule has 0 radical (unpaired) electrons. The van der Waals surface area contributed by atoms with E-state index < -0.39 is 5.60 Å². The molecule has 1 aromatic rings. The van der Waals surface area contributed by atoms with Gasteiger partial charge >= 0.3 is 6.09 Å². The molecule has 5 nitrogen and oxygen atoms in total. The van der Waals surface area contributed by atoms with Crippen molar-refractivity contribution in [2.45, 2.75) is 58.6 Å². The van der Waals surface area contributed by atoms with Gasteiger partial charge in [-0.1, -0.05) is 0 Å². The molecule has 0 saturated carbocycles. The van der Waals surface area contributed by atoms with Crippen molar-refractivity contribution in [1.29, 1.82) is 0 Å². The molecule has 0 bridgehead atoms. The monoisotopic (exact) mass is 338 g/mol. The van der Waals surface area contributed by atoms with Crippen molar-refractivity contribution >= 4 is 23.3 Å². The molecule has 1 aromatic heterocycles. The second-order valence-corrected chi connectivity index (χ2v) is 7.88. The van der Waals surface area contributed by atoms with Crippen LogP contribution in [0.3, 0.4) is 0 Å². The zero-order valence-corrected chi connectivity index (χ0v) is 15.2. The summed E-state index contributed by atoms with van der Waals surface area (Å²) in [5.41, 5.74) is 0.483. The van der Waals surface area contributed by atoms with Crippen LogP contribution in [0.25, 0.3) is 0 Å². The van der Waals surface area contributed by atoms with Crippen LogP contribution in [0.4, 0.5) is 4.79 Å². The first-order chi connectivity index (χ1) is 10.8. The van der Waals surface area contributed by atoms with Gasteiger partial charge < -0.3 is 15.0 Å². The minimum absolute atomic E-state index is 0.00261. The average molecular weight is 338 g/mol. The smallest absolute Gasteiger partial charge is 0.410 e. The number of carbonyl (C=O) groups is 2. The fourth-order valence-corrected chi connectivity index (χ4v) is 3.51. The number of nitrogens with zero attached hydrogens (tertiary/aromatic N) is 1. The Labute approximate surface area is 142 Å². The van der Waals surface area contributed by atoms with Gasteiger partial charge in [0.1, 0.15) is 5.60 Å². The van der Waals surface area contributed by atoms with E-state index in [9.17, 15) is 9.59 Å². The predicted molar refractivity (Wildman–Crippen MR) is 92.0 cm³/mol. The van der Waals surface area contributed by atoms with Gasteiger partial charge in [0.05, 0.1) is 10.9 Å². The van der Waals surface area contributed by atoms with Crippen molar-refractivity contribution in [1.82, 2.24) is 10.2 Å². The molecule has 0 aromatic carbocycles. The Kier molecular flexibility index (Phi) is 5.68. The van der Waals surface area contributed by atoms with Crippen molar-refractivity contribution in [3.63, 3.8) is 0 Å². The van der Waals surface area contributed by atoms with E-state index in [1.54, 1.807) is 4.90 Å². The van der Waals surface area contributed by atoms with Crippen molar-refractivity contribution in [2.75, 3.05) is 13.1 Å². The maximum Gasteiger partial charge on any atom is 0.410 e. The molecule has 1 N–H and O–H groups in total. The number of hydrogen-bond acceptors (Lipinski definition) is 4. The third-order valence-corrected chi connectivity index (χ3v) is 4.84. The number of ether oxygens (including phenoxy) is 1. The third kappa shape index (κ3) is 4.96. The summed E-state index contributed by atoms with van der Waals surface area (Å²) in [6, 6.07) is 1.94. The standard InChI is InChI=1S/C17H26N2O3S/c1-12-8-10-23-14(12)15(20)18-11-13-7-5-6-9-19(13)16(21)22-17(2,3)4/h8,10,13H,5-7,9,11H2,1-4H3,(H,18,20)/t13-/m0/s1. The second-order valence-electron chi connectivity index (χ2n) is 6.97. The van der Waals surface area contributed by atoms with Gasteiger partial charge in [0.15, 0.2) is 0 Å². The van der Waals surface area contributed by atoms with Crippen molar-refractivity contribution < 1.29 is 14.3 Å². The van der Waals surface area contributed by atoms with Crippen LogP contribution in [-0.4, -0.2) is 41.6 Å². The summed E-state index contributed by atoms with van der Waals surface area (Å²) in [4.78, 5) is 27.1. The van der Waals surface area contributed by atoms with E-state index in [1.165, 1.54) is 11.3 Å². The van der Waals surface area contributed by atoms with E-state index in [0.29, 0.717) is 13.1 Å². The van der Waals surface area contributed by atoms with E-state index in [2.05, 4.69) is 5.32 Å². The van der Waals surface area contributed by atoms with E-state index >= 15 is 0 Å². The molecule has 1 atom stereocenters. The number of nitrogens with one attached hydrogen (secondary N) is 1.